The van der Waals surface area contributed by atoms with Crippen LogP contribution in [0.25, 0.3) is 0 Å². The average molecular weight is 355 g/mol. The smallest absolute Gasteiger partial charge is 0.363 e. The molecule has 4 atom stereocenters. The van der Waals surface area contributed by atoms with Crippen molar-refractivity contribution in [2.24, 2.45) is 0 Å². The summed E-state index contributed by atoms with van der Waals surface area (Å²) in [6.07, 6.45) is -5.10. The Morgan fingerprint density at radius 1 is 1.30 bits per heavy atom. The Kier molecular flexibility index (Phi) is 4.86. The second kappa shape index (κ2) is 6.11. The van der Waals surface area contributed by atoms with E-state index in [0.29, 0.717) is 16.8 Å². The molecule has 0 aromatic carbocycles. The maximum atomic E-state index is 13.4. The van der Waals surface area contributed by atoms with Gasteiger partial charge in [0.2, 0.25) is 0 Å². The second-order valence-electron chi connectivity index (χ2n) is 4.93. The minimum atomic E-state index is -6.32. The molecule has 0 radical (unpaired) electrons. The van der Waals surface area contributed by atoms with Crippen LogP contribution in [-0.2, 0) is 10.4 Å². The van der Waals surface area contributed by atoms with Crippen molar-refractivity contribution >= 4 is 7.94 Å². The fraction of sp³-hybridized carbons (Fsp3) is 0.545. The van der Waals surface area contributed by atoms with Crippen LogP contribution in [0.5, 0.6) is 0 Å². The molecule has 3 N–H and O–H groups in total. The largest absolute Gasteiger partial charge is 0.683 e. The SMILES string of the molecule is O=c1cc(C(F)(F)[P+]([O-])([O-])[O-])ccn1[C@@H]1O[C@H](CO)[C@@H](O)[C@H]1O. The van der Waals surface area contributed by atoms with Crippen LogP contribution in [0.3, 0.4) is 0 Å². The highest BCUT2D eigenvalue weighted by Crippen LogP contribution is 2.55. The standard InChI is InChI=1S/C11H14F2NO8P/c12-11(13,23(19,20)21)5-1-2-14(7(16)3-5)10-9(18)8(17)6(4-15)22-10/h1-3,6,8-10,15,17-18H,4H2,(H2,19,20,21)/p-2/t6-,8-,9-,10-/m1/s1. The van der Waals surface area contributed by atoms with E-state index in [1.807, 2.05) is 0 Å². The van der Waals surface area contributed by atoms with Crippen molar-refractivity contribution in [1.29, 1.82) is 0 Å². The van der Waals surface area contributed by atoms with Crippen LogP contribution in [0, 0.1) is 0 Å². The number of hydrogen-bond donors (Lipinski definition) is 3. The molecule has 1 aromatic heterocycles. The summed E-state index contributed by atoms with van der Waals surface area (Å²) in [5, 5.41) is 28.3. The molecule has 9 nitrogen and oxygen atoms in total. The Bertz CT molecular complexity index is 633. The van der Waals surface area contributed by atoms with Gasteiger partial charge in [0.15, 0.2) is 6.23 Å². The third-order valence-corrected chi connectivity index (χ3v) is 4.38. The minimum Gasteiger partial charge on any atom is -0.683 e. The van der Waals surface area contributed by atoms with Gasteiger partial charge in [0.1, 0.15) is 18.3 Å². The third kappa shape index (κ3) is 3.14. The zero-order valence-electron chi connectivity index (χ0n) is 11.3. The first-order chi connectivity index (χ1) is 10.5. The van der Waals surface area contributed by atoms with Gasteiger partial charge in [-0.25, -0.2) is 0 Å². The average Bonchev–Trinajstić information content (AvgIpc) is 2.73. The predicted molar refractivity (Wildman–Crippen MR) is 64.5 cm³/mol. The monoisotopic (exact) mass is 355 g/mol. The lowest BCUT2D eigenvalue weighted by molar-refractivity contribution is -0.447. The Balaban J connectivity index is 2.37. The summed E-state index contributed by atoms with van der Waals surface area (Å²) < 4.78 is 32.5. The van der Waals surface area contributed by atoms with E-state index in [1.165, 1.54) is 0 Å². The highest BCUT2D eigenvalue weighted by Gasteiger charge is 2.45. The lowest BCUT2D eigenvalue weighted by atomic mass is 10.1. The molecule has 0 aliphatic carbocycles. The minimum absolute atomic E-state index is 0.219. The Hall–Kier alpha value is -1.04. The van der Waals surface area contributed by atoms with E-state index >= 15 is 0 Å². The molecule has 1 saturated heterocycles. The van der Waals surface area contributed by atoms with Crippen molar-refractivity contribution in [2.45, 2.75) is 30.2 Å². The van der Waals surface area contributed by atoms with Gasteiger partial charge < -0.3 is 34.7 Å². The second-order valence-corrected chi connectivity index (χ2v) is 6.49. The molecule has 1 aromatic rings. The summed E-state index contributed by atoms with van der Waals surface area (Å²) in [7, 11) is -6.32. The summed E-state index contributed by atoms with van der Waals surface area (Å²) >= 11 is 0. The Morgan fingerprint density at radius 2 is 1.91 bits per heavy atom. The molecular weight excluding hydrogens is 343 g/mol. The fourth-order valence-electron chi connectivity index (χ4n) is 2.16. The van der Waals surface area contributed by atoms with Gasteiger partial charge in [-0.3, -0.25) is 9.36 Å². The van der Waals surface area contributed by atoms with Crippen molar-refractivity contribution in [3.63, 3.8) is 0 Å². The van der Waals surface area contributed by atoms with E-state index < -0.39 is 55.9 Å². The van der Waals surface area contributed by atoms with Gasteiger partial charge in [0.05, 0.1) is 12.2 Å². The lowest BCUT2D eigenvalue weighted by Gasteiger charge is -2.46. The third-order valence-electron chi connectivity index (χ3n) is 3.43. The topological polar surface area (TPSA) is 161 Å². The van der Waals surface area contributed by atoms with Crippen molar-refractivity contribution in [2.75, 3.05) is 6.61 Å². The fourth-order valence-corrected chi connectivity index (χ4v) is 2.61. The Labute approximate surface area is 128 Å². The molecule has 0 amide bonds. The van der Waals surface area contributed by atoms with Crippen molar-refractivity contribution in [3.8, 4) is 0 Å². The van der Waals surface area contributed by atoms with Gasteiger partial charge >= 0.3 is 5.66 Å². The van der Waals surface area contributed by atoms with Crippen molar-refractivity contribution in [3.05, 3.63) is 34.2 Å². The van der Waals surface area contributed by atoms with Crippen molar-refractivity contribution in [1.82, 2.24) is 4.57 Å². The maximum Gasteiger partial charge on any atom is 0.363 e. The summed E-state index contributed by atoms with van der Waals surface area (Å²) in [6.45, 7) is -0.658. The number of aromatic nitrogens is 1. The van der Waals surface area contributed by atoms with Gasteiger partial charge in [0.25, 0.3) is 5.56 Å². The van der Waals surface area contributed by atoms with Crippen molar-refractivity contribution < 1.29 is 43.5 Å². The quantitative estimate of drug-likeness (QED) is 0.466. The molecule has 2 heterocycles. The molecule has 1 aliphatic rings. The molecule has 23 heavy (non-hydrogen) atoms. The summed E-state index contributed by atoms with van der Waals surface area (Å²) in [5.41, 5.74) is -7.28. The van der Waals surface area contributed by atoms with Gasteiger partial charge in [0, 0.05) is 12.3 Å². The zero-order chi connectivity index (χ0) is 17.6. The van der Waals surface area contributed by atoms with Gasteiger partial charge in [-0.2, -0.15) is 8.78 Å². The zero-order valence-corrected chi connectivity index (χ0v) is 12.2. The summed E-state index contributed by atoms with van der Waals surface area (Å²) in [6, 6.07) is 0.732. The van der Waals surface area contributed by atoms with Crippen LogP contribution in [-0.4, -0.2) is 44.8 Å². The van der Waals surface area contributed by atoms with Gasteiger partial charge in [-0.15, -0.1) is 0 Å². The normalized spacial score (nSPS) is 29.0. The number of rotatable bonds is 4. The molecule has 130 valence electrons. The van der Waals surface area contributed by atoms with E-state index in [4.69, 9.17) is 9.84 Å². The van der Waals surface area contributed by atoms with E-state index in [2.05, 4.69) is 0 Å². The lowest BCUT2D eigenvalue weighted by Crippen LogP contribution is -2.44. The number of pyridine rings is 1. The highest BCUT2D eigenvalue weighted by molar-refractivity contribution is 7.55. The first-order valence-corrected chi connectivity index (χ1v) is 7.80. The van der Waals surface area contributed by atoms with E-state index in [0.717, 1.165) is 0 Å². The summed E-state index contributed by atoms with van der Waals surface area (Å²) in [5.74, 6) is 0. The molecule has 2 rings (SSSR count). The predicted octanol–water partition coefficient (Wildman–Crippen LogP) is -3.65. The van der Waals surface area contributed by atoms with Crippen LogP contribution in [0.1, 0.15) is 11.8 Å². The molecule has 1 fully saturated rings. The Morgan fingerprint density at radius 3 is 2.35 bits per heavy atom. The van der Waals surface area contributed by atoms with Gasteiger partial charge in [-0.05, 0) is 6.07 Å². The number of alkyl halides is 2. The molecule has 0 bridgehead atoms. The van der Waals surface area contributed by atoms with Crippen LogP contribution < -0.4 is 20.2 Å². The molecule has 1 aliphatic heterocycles. The molecule has 0 spiro atoms. The first kappa shape index (κ1) is 18.3. The number of aliphatic hydroxyl groups is 3. The number of aliphatic hydroxyl groups excluding tert-OH is 3. The van der Waals surface area contributed by atoms with Gasteiger partial charge in [-0.1, -0.05) is 7.94 Å². The number of hydrogen-bond acceptors (Lipinski definition) is 8. The van der Waals surface area contributed by atoms with E-state index in [1.54, 1.807) is 0 Å². The van der Waals surface area contributed by atoms with Crippen LogP contribution in [0.2, 0.25) is 0 Å². The van der Waals surface area contributed by atoms with Crippen LogP contribution in [0.4, 0.5) is 8.78 Å². The maximum absolute atomic E-state index is 13.4. The molecule has 12 heteroatoms. The van der Waals surface area contributed by atoms with Crippen LogP contribution >= 0.6 is 7.94 Å². The highest BCUT2D eigenvalue weighted by atomic mass is 31.2. The molecule has 0 saturated carbocycles. The van der Waals surface area contributed by atoms with E-state index in [-0.39, 0.29) is 6.07 Å². The number of nitrogens with zero attached hydrogens (tertiary/aromatic N) is 1. The molecule has 0 unspecified atom stereocenters. The number of ether oxygens (including phenoxy) is 1. The first-order valence-electron chi connectivity index (χ1n) is 6.26. The summed E-state index contributed by atoms with van der Waals surface area (Å²) in [4.78, 5) is 43.6. The molecular formula is C11H12F2NO8P-2. The van der Waals surface area contributed by atoms with E-state index in [9.17, 15) is 38.5 Å². The van der Waals surface area contributed by atoms with Crippen LogP contribution in [0.15, 0.2) is 23.1 Å². The number of halogens is 2.